The van der Waals surface area contributed by atoms with E-state index in [0.29, 0.717) is 5.69 Å². The van der Waals surface area contributed by atoms with E-state index in [4.69, 9.17) is 21.1 Å². The molecule has 0 radical (unpaired) electrons. The Kier molecular flexibility index (Phi) is 5.73. The van der Waals surface area contributed by atoms with Gasteiger partial charge in [-0.3, -0.25) is 15.6 Å². The first-order chi connectivity index (χ1) is 11.5. The summed E-state index contributed by atoms with van der Waals surface area (Å²) in [4.78, 5) is 13.8. The molecule has 0 atom stereocenters. The van der Waals surface area contributed by atoms with E-state index >= 15 is 0 Å². The highest BCUT2D eigenvalue weighted by Gasteiger charge is 2.25. The van der Waals surface area contributed by atoms with Gasteiger partial charge in [0.2, 0.25) is 5.71 Å². The number of methoxy groups -OCH3 is 1. The Morgan fingerprint density at radius 3 is 2.54 bits per heavy atom. The maximum absolute atomic E-state index is 11.5. The number of hydrogen-bond acceptors (Lipinski definition) is 7. The second-order valence-electron chi connectivity index (χ2n) is 5.43. The summed E-state index contributed by atoms with van der Waals surface area (Å²) in [7, 11) is 1.42. The molecule has 0 spiro atoms. The van der Waals surface area contributed by atoms with Gasteiger partial charge < -0.3 is 15.4 Å². The molecule has 24 heavy (non-hydrogen) atoms. The van der Waals surface area contributed by atoms with Gasteiger partial charge in [-0.05, 0) is 37.1 Å². The molecule has 0 bridgehead atoms. The number of anilines is 2. The van der Waals surface area contributed by atoms with Crippen LogP contribution in [0.3, 0.4) is 0 Å². The van der Waals surface area contributed by atoms with Gasteiger partial charge in [-0.1, -0.05) is 0 Å². The fourth-order valence-electron chi connectivity index (χ4n) is 2.55. The molecule has 1 fully saturated rings. The Bertz CT molecular complexity index is 669. The fraction of sp³-hybridized carbons (Fsp3) is 0.375. The first-order valence-electron chi connectivity index (χ1n) is 7.56. The van der Waals surface area contributed by atoms with Crippen molar-refractivity contribution < 1.29 is 9.53 Å². The molecule has 1 aromatic carbocycles. The molecule has 0 unspecified atom stereocenters. The Balaban J connectivity index is 1.95. The van der Waals surface area contributed by atoms with Crippen LogP contribution in [-0.2, 0) is 9.53 Å². The van der Waals surface area contributed by atoms with Gasteiger partial charge in [-0.2, -0.15) is 10.4 Å². The summed E-state index contributed by atoms with van der Waals surface area (Å²) in [5.41, 5.74) is 9.51. The minimum absolute atomic E-state index is 0.0162. The van der Waals surface area contributed by atoms with Gasteiger partial charge in [-0.15, -0.1) is 0 Å². The van der Waals surface area contributed by atoms with Crippen molar-refractivity contribution in [2.75, 3.05) is 30.5 Å². The quantitative estimate of drug-likeness (QED) is 0.323. The largest absolute Gasteiger partial charge is 0.469 e. The lowest BCUT2D eigenvalue weighted by molar-refractivity contribution is -0.146. The van der Waals surface area contributed by atoms with Gasteiger partial charge in [0.15, 0.2) is 5.84 Å². The van der Waals surface area contributed by atoms with Crippen LogP contribution in [0.15, 0.2) is 29.4 Å². The third-order valence-electron chi connectivity index (χ3n) is 3.92. The van der Waals surface area contributed by atoms with Crippen molar-refractivity contribution >= 4 is 28.9 Å². The number of hydrogen-bond donors (Lipinski definition) is 3. The van der Waals surface area contributed by atoms with Crippen molar-refractivity contribution in [1.82, 2.24) is 0 Å². The van der Waals surface area contributed by atoms with Crippen molar-refractivity contribution in [1.29, 1.82) is 10.7 Å². The van der Waals surface area contributed by atoms with Crippen LogP contribution in [0.4, 0.5) is 11.4 Å². The molecule has 0 saturated carbocycles. The Morgan fingerprint density at radius 2 is 2.04 bits per heavy atom. The second kappa shape index (κ2) is 7.97. The summed E-state index contributed by atoms with van der Waals surface area (Å²) in [5, 5.41) is 19.8. The van der Waals surface area contributed by atoms with Crippen LogP contribution in [0.2, 0.25) is 0 Å². The third kappa shape index (κ3) is 4.23. The standard InChI is InChI=1S/C16H20N6O2/c1-24-16(23)11-6-8-22(9-7-11)13-4-2-12(3-5-13)20-21-14(10-17)15(18)19/h2-5,11,20H,6-9H2,1H3,(H3,18,19)/b21-14+. The van der Waals surface area contributed by atoms with Gasteiger partial charge in [0, 0.05) is 18.8 Å². The van der Waals surface area contributed by atoms with E-state index in [0.717, 1.165) is 31.6 Å². The Labute approximate surface area is 140 Å². The lowest BCUT2D eigenvalue weighted by atomic mass is 9.96. The molecule has 4 N–H and O–H groups in total. The number of nitriles is 1. The van der Waals surface area contributed by atoms with E-state index in [1.165, 1.54) is 7.11 Å². The number of esters is 1. The van der Waals surface area contributed by atoms with Crippen molar-refractivity contribution in [2.24, 2.45) is 16.8 Å². The number of piperidine rings is 1. The monoisotopic (exact) mass is 328 g/mol. The normalized spacial score (nSPS) is 15.5. The number of ether oxygens (including phenoxy) is 1. The molecule has 0 amide bonds. The Morgan fingerprint density at radius 1 is 1.42 bits per heavy atom. The van der Waals surface area contributed by atoms with Crippen LogP contribution in [0.25, 0.3) is 0 Å². The predicted octanol–water partition coefficient (Wildman–Crippen LogP) is 1.30. The summed E-state index contributed by atoms with van der Waals surface area (Å²) < 4.78 is 4.79. The highest BCUT2D eigenvalue weighted by Crippen LogP contribution is 2.25. The molecular formula is C16H20N6O2. The lowest BCUT2D eigenvalue weighted by Crippen LogP contribution is -2.36. The fourth-order valence-corrected chi connectivity index (χ4v) is 2.55. The molecule has 8 heteroatoms. The topological polar surface area (TPSA) is 128 Å². The smallest absolute Gasteiger partial charge is 0.308 e. The number of carbonyl (C=O) groups is 1. The summed E-state index contributed by atoms with van der Waals surface area (Å²) in [5.74, 6) is -0.529. The summed E-state index contributed by atoms with van der Waals surface area (Å²) >= 11 is 0. The molecule has 8 nitrogen and oxygen atoms in total. The van der Waals surface area contributed by atoms with Crippen LogP contribution >= 0.6 is 0 Å². The molecule has 0 aromatic heterocycles. The van der Waals surface area contributed by atoms with Crippen molar-refractivity contribution in [3.8, 4) is 6.07 Å². The average Bonchev–Trinajstić information content (AvgIpc) is 2.62. The van der Waals surface area contributed by atoms with E-state index in [1.807, 2.05) is 24.3 Å². The van der Waals surface area contributed by atoms with Crippen molar-refractivity contribution in [2.45, 2.75) is 12.8 Å². The van der Waals surface area contributed by atoms with Gasteiger partial charge in [0.1, 0.15) is 6.07 Å². The summed E-state index contributed by atoms with van der Waals surface area (Å²) in [6.45, 7) is 1.60. The van der Waals surface area contributed by atoms with Gasteiger partial charge >= 0.3 is 5.97 Å². The van der Waals surface area contributed by atoms with Crippen LogP contribution in [0, 0.1) is 22.7 Å². The first-order valence-corrected chi connectivity index (χ1v) is 7.56. The highest BCUT2D eigenvalue weighted by atomic mass is 16.5. The minimum Gasteiger partial charge on any atom is -0.469 e. The zero-order valence-electron chi connectivity index (χ0n) is 13.5. The van der Waals surface area contributed by atoms with E-state index < -0.39 is 0 Å². The lowest BCUT2D eigenvalue weighted by Gasteiger charge is -2.32. The van der Waals surface area contributed by atoms with Crippen molar-refractivity contribution in [3.63, 3.8) is 0 Å². The van der Waals surface area contributed by atoms with Crippen LogP contribution in [0.5, 0.6) is 0 Å². The molecule has 126 valence electrons. The van der Waals surface area contributed by atoms with Gasteiger partial charge in [0.25, 0.3) is 0 Å². The molecule has 1 aliphatic heterocycles. The number of amidine groups is 1. The van der Waals surface area contributed by atoms with Crippen LogP contribution in [0.1, 0.15) is 12.8 Å². The minimum atomic E-state index is -0.380. The SMILES string of the molecule is COC(=O)C1CCN(c2ccc(N/N=C(\C#N)C(=N)N)cc2)CC1. The molecule has 1 aromatic rings. The number of carbonyl (C=O) groups excluding carboxylic acids is 1. The molecule has 1 aliphatic rings. The van der Waals surface area contributed by atoms with E-state index in [1.54, 1.807) is 6.07 Å². The van der Waals surface area contributed by atoms with Gasteiger partial charge in [0.05, 0.1) is 18.7 Å². The Hall–Kier alpha value is -3.08. The summed E-state index contributed by atoms with van der Waals surface area (Å²) in [6, 6.07) is 9.29. The molecule has 1 heterocycles. The number of benzene rings is 1. The second-order valence-corrected chi connectivity index (χ2v) is 5.43. The maximum atomic E-state index is 11.5. The number of nitrogens with two attached hydrogens (primary N) is 1. The van der Waals surface area contributed by atoms with E-state index in [2.05, 4.69) is 15.4 Å². The summed E-state index contributed by atoms with van der Waals surface area (Å²) in [6.07, 6.45) is 1.56. The number of rotatable bonds is 5. The van der Waals surface area contributed by atoms with Crippen LogP contribution < -0.4 is 16.1 Å². The first kappa shape index (κ1) is 17.3. The van der Waals surface area contributed by atoms with Gasteiger partial charge in [-0.25, -0.2) is 0 Å². The number of nitrogens with one attached hydrogen (secondary N) is 2. The highest BCUT2D eigenvalue weighted by molar-refractivity contribution is 6.45. The third-order valence-corrected chi connectivity index (χ3v) is 3.92. The molecule has 0 aliphatic carbocycles. The molecule has 1 saturated heterocycles. The molecular weight excluding hydrogens is 308 g/mol. The predicted molar refractivity (Wildman–Crippen MR) is 92.0 cm³/mol. The van der Waals surface area contributed by atoms with E-state index in [9.17, 15) is 4.79 Å². The zero-order chi connectivity index (χ0) is 17.5. The van der Waals surface area contributed by atoms with Crippen molar-refractivity contribution in [3.05, 3.63) is 24.3 Å². The van der Waals surface area contributed by atoms with Crippen LogP contribution in [-0.4, -0.2) is 37.7 Å². The maximum Gasteiger partial charge on any atom is 0.308 e. The number of hydrazone groups is 1. The van der Waals surface area contributed by atoms with E-state index in [-0.39, 0.29) is 23.4 Å². The molecule has 2 rings (SSSR count). The average molecular weight is 328 g/mol. The number of nitrogens with zero attached hydrogens (tertiary/aromatic N) is 3. The zero-order valence-corrected chi connectivity index (χ0v) is 13.5.